The maximum Gasteiger partial charge on any atom is 0.274 e. The minimum absolute atomic E-state index is 0.0420. The maximum atomic E-state index is 12.7. The molecule has 0 fully saturated rings. The van der Waals surface area contributed by atoms with Crippen molar-refractivity contribution in [2.45, 2.75) is 0 Å². The fourth-order valence-electron chi connectivity index (χ4n) is 2.54. The van der Waals surface area contributed by atoms with Crippen molar-refractivity contribution in [2.75, 3.05) is 7.11 Å². The number of para-hydroxylation sites is 3. The Morgan fingerprint density at radius 2 is 1.91 bits per heavy atom. The van der Waals surface area contributed by atoms with Crippen LogP contribution in [0, 0.1) is 0 Å². The summed E-state index contributed by atoms with van der Waals surface area (Å²) < 4.78 is 7.65. The van der Waals surface area contributed by atoms with Gasteiger partial charge in [0.25, 0.3) is 5.56 Å². The van der Waals surface area contributed by atoms with Crippen molar-refractivity contribution >= 4 is 33.4 Å². The van der Waals surface area contributed by atoms with Gasteiger partial charge in [-0.3, -0.25) is 4.79 Å². The number of hydrogen-bond donors (Lipinski definition) is 0. The summed E-state index contributed by atoms with van der Waals surface area (Å²) in [6, 6.07) is 15.3. The highest BCUT2D eigenvalue weighted by atomic mass is 32.1. The van der Waals surface area contributed by atoms with E-state index in [1.807, 2.05) is 54.6 Å². The molecule has 0 radical (unpaired) electrons. The van der Waals surface area contributed by atoms with Crippen molar-refractivity contribution in [3.8, 4) is 5.75 Å². The van der Waals surface area contributed by atoms with Gasteiger partial charge in [0, 0.05) is 5.56 Å². The van der Waals surface area contributed by atoms with Gasteiger partial charge in [0.05, 0.1) is 22.7 Å². The largest absolute Gasteiger partial charge is 0.496 e. The highest BCUT2D eigenvalue weighted by Gasteiger charge is 2.10. The molecule has 0 spiro atoms. The smallest absolute Gasteiger partial charge is 0.274 e. The molecule has 22 heavy (non-hydrogen) atoms. The average Bonchev–Trinajstić information content (AvgIpc) is 3.05. The monoisotopic (exact) mass is 308 g/mol. The second-order valence-corrected chi connectivity index (χ2v) is 5.89. The van der Waals surface area contributed by atoms with Gasteiger partial charge in [-0.25, -0.2) is 9.38 Å². The molecule has 0 saturated carbocycles. The summed E-state index contributed by atoms with van der Waals surface area (Å²) in [6.45, 7) is 0. The Hall–Kier alpha value is -2.66. The number of ether oxygens (including phenoxy) is 1. The van der Waals surface area contributed by atoms with Crippen LogP contribution >= 0.6 is 11.3 Å². The third-order valence-corrected chi connectivity index (χ3v) is 4.54. The van der Waals surface area contributed by atoms with Gasteiger partial charge in [0.15, 0.2) is 4.96 Å². The first kappa shape index (κ1) is 13.0. The molecule has 0 aliphatic heterocycles. The van der Waals surface area contributed by atoms with Gasteiger partial charge in [-0.15, -0.1) is 0 Å². The van der Waals surface area contributed by atoms with Gasteiger partial charge < -0.3 is 4.74 Å². The first-order valence-corrected chi connectivity index (χ1v) is 7.64. The van der Waals surface area contributed by atoms with Gasteiger partial charge in [-0.1, -0.05) is 41.7 Å². The van der Waals surface area contributed by atoms with Crippen LogP contribution in [-0.4, -0.2) is 16.5 Å². The summed E-state index contributed by atoms with van der Waals surface area (Å²) in [5, 5.41) is 0. The number of nitrogens with zero attached hydrogens (tertiary/aromatic N) is 2. The SMILES string of the molecule is COc1ccccc1/C=c1\sc2nc3ccccc3n2c1=O. The molecule has 4 rings (SSSR count). The summed E-state index contributed by atoms with van der Waals surface area (Å²) in [6.07, 6.45) is 1.86. The predicted octanol–water partition coefficient (Wildman–Crippen LogP) is 2.47. The van der Waals surface area contributed by atoms with Crippen LogP contribution in [0.5, 0.6) is 5.75 Å². The molecule has 2 aromatic heterocycles. The van der Waals surface area contributed by atoms with Crippen LogP contribution in [0.4, 0.5) is 0 Å². The Labute approximate surface area is 129 Å². The summed E-state index contributed by atoms with van der Waals surface area (Å²) in [5.74, 6) is 0.748. The fourth-order valence-corrected chi connectivity index (χ4v) is 3.52. The lowest BCUT2D eigenvalue weighted by molar-refractivity contribution is 0.414. The van der Waals surface area contributed by atoms with Crippen molar-refractivity contribution in [2.24, 2.45) is 0 Å². The van der Waals surface area contributed by atoms with Crippen LogP contribution in [0.2, 0.25) is 0 Å². The number of fused-ring (bicyclic) bond motifs is 3. The van der Waals surface area contributed by atoms with Gasteiger partial charge in [0.1, 0.15) is 5.75 Å². The van der Waals surface area contributed by atoms with Crippen LogP contribution in [0.25, 0.3) is 22.1 Å². The lowest BCUT2D eigenvalue weighted by Crippen LogP contribution is -2.22. The third kappa shape index (κ3) is 1.90. The van der Waals surface area contributed by atoms with Gasteiger partial charge >= 0.3 is 0 Å². The minimum atomic E-state index is -0.0420. The van der Waals surface area contributed by atoms with Gasteiger partial charge in [0.2, 0.25) is 0 Å². The molecule has 108 valence electrons. The van der Waals surface area contributed by atoms with E-state index in [0.29, 0.717) is 9.49 Å². The molecule has 0 amide bonds. The molecule has 4 nitrogen and oxygen atoms in total. The zero-order chi connectivity index (χ0) is 15.1. The summed E-state index contributed by atoms with van der Waals surface area (Å²) in [7, 11) is 1.62. The molecule has 5 heteroatoms. The van der Waals surface area contributed by atoms with E-state index in [1.54, 1.807) is 11.5 Å². The normalized spacial score (nSPS) is 12.3. The molecule has 4 aromatic rings. The Kier molecular flexibility index (Phi) is 2.94. The number of imidazole rings is 1. The molecule has 0 unspecified atom stereocenters. The molecular weight excluding hydrogens is 296 g/mol. The number of aromatic nitrogens is 2. The van der Waals surface area contributed by atoms with Crippen molar-refractivity contribution in [3.63, 3.8) is 0 Å². The Morgan fingerprint density at radius 3 is 2.77 bits per heavy atom. The molecule has 0 saturated heterocycles. The summed E-state index contributed by atoms with van der Waals surface area (Å²) in [5.41, 5.74) is 2.53. The molecule has 0 aliphatic carbocycles. The lowest BCUT2D eigenvalue weighted by Gasteiger charge is -2.02. The fraction of sp³-hybridized carbons (Fsp3) is 0.0588. The molecule has 0 atom stereocenters. The predicted molar refractivity (Wildman–Crippen MR) is 88.6 cm³/mol. The van der Waals surface area contributed by atoms with E-state index in [1.165, 1.54) is 11.3 Å². The Bertz CT molecular complexity index is 1090. The topological polar surface area (TPSA) is 43.6 Å². The summed E-state index contributed by atoms with van der Waals surface area (Å²) >= 11 is 1.39. The Morgan fingerprint density at radius 1 is 1.14 bits per heavy atom. The van der Waals surface area contributed by atoms with Crippen LogP contribution in [0.3, 0.4) is 0 Å². The van der Waals surface area contributed by atoms with Crippen LogP contribution in [0.15, 0.2) is 53.3 Å². The third-order valence-electron chi connectivity index (χ3n) is 3.57. The van der Waals surface area contributed by atoms with E-state index >= 15 is 0 Å². The van der Waals surface area contributed by atoms with Crippen LogP contribution in [0.1, 0.15) is 5.56 Å². The Balaban J connectivity index is 2.02. The number of benzene rings is 2. The van der Waals surface area contributed by atoms with E-state index in [4.69, 9.17) is 4.74 Å². The summed E-state index contributed by atoms with van der Waals surface area (Å²) in [4.78, 5) is 17.9. The average molecular weight is 308 g/mol. The molecule has 0 N–H and O–H groups in total. The van der Waals surface area contributed by atoms with E-state index in [9.17, 15) is 4.79 Å². The number of hydrogen-bond acceptors (Lipinski definition) is 4. The molecular formula is C17H12N2O2S. The van der Waals surface area contributed by atoms with Gasteiger partial charge in [-0.2, -0.15) is 0 Å². The van der Waals surface area contributed by atoms with E-state index in [-0.39, 0.29) is 5.56 Å². The van der Waals surface area contributed by atoms with Crippen molar-refractivity contribution in [1.29, 1.82) is 0 Å². The van der Waals surface area contributed by atoms with Crippen molar-refractivity contribution < 1.29 is 4.74 Å². The minimum Gasteiger partial charge on any atom is -0.496 e. The van der Waals surface area contributed by atoms with Crippen molar-refractivity contribution in [1.82, 2.24) is 9.38 Å². The number of methoxy groups -OCH3 is 1. The quantitative estimate of drug-likeness (QED) is 0.571. The van der Waals surface area contributed by atoms with Crippen molar-refractivity contribution in [3.05, 3.63) is 69.0 Å². The highest BCUT2D eigenvalue weighted by Crippen LogP contribution is 2.19. The van der Waals surface area contributed by atoms with E-state index < -0.39 is 0 Å². The second kappa shape index (κ2) is 4.96. The zero-order valence-corrected chi connectivity index (χ0v) is 12.6. The molecule has 0 bridgehead atoms. The first-order valence-electron chi connectivity index (χ1n) is 6.82. The standard InChI is InChI=1S/C17H12N2O2S/c1-21-14-9-5-2-6-11(14)10-15-16(20)19-13-8-4-3-7-12(13)18-17(19)22-15/h2-10H,1H3/b15-10-. The van der Waals surface area contributed by atoms with Crippen LogP contribution < -0.4 is 14.8 Å². The van der Waals surface area contributed by atoms with E-state index in [0.717, 1.165) is 22.3 Å². The lowest BCUT2D eigenvalue weighted by atomic mass is 10.2. The molecule has 2 heterocycles. The highest BCUT2D eigenvalue weighted by molar-refractivity contribution is 7.15. The maximum absolute atomic E-state index is 12.7. The first-order chi connectivity index (χ1) is 10.8. The molecule has 0 aliphatic rings. The van der Waals surface area contributed by atoms with Crippen LogP contribution in [-0.2, 0) is 0 Å². The number of thiazole rings is 1. The zero-order valence-electron chi connectivity index (χ0n) is 11.8. The van der Waals surface area contributed by atoms with Gasteiger partial charge in [-0.05, 0) is 24.3 Å². The van der Waals surface area contributed by atoms with E-state index in [2.05, 4.69) is 4.98 Å². The number of rotatable bonds is 2. The molecule has 2 aromatic carbocycles. The second-order valence-electron chi connectivity index (χ2n) is 4.88.